The molecule has 92 valence electrons. The van der Waals surface area contributed by atoms with Crippen LogP contribution in [0.5, 0.6) is 0 Å². The summed E-state index contributed by atoms with van der Waals surface area (Å²) in [5.74, 6) is -1.37. The van der Waals surface area contributed by atoms with E-state index in [1.54, 1.807) is 4.98 Å². The molecule has 0 saturated carbocycles. The van der Waals surface area contributed by atoms with E-state index in [0.29, 0.717) is 10.8 Å². The summed E-state index contributed by atoms with van der Waals surface area (Å²) in [7, 11) is 0. The third-order valence-corrected chi connectivity index (χ3v) is 1.90. The Bertz CT molecular complexity index is 572. The van der Waals surface area contributed by atoms with E-state index < -0.39 is 40.4 Å². The fourth-order valence-electron chi connectivity index (χ4n) is 1.05. The van der Waals surface area contributed by atoms with E-state index in [-0.39, 0.29) is 0 Å². The fraction of sp³-hybridized carbons (Fsp3) is 0.286. The van der Waals surface area contributed by atoms with Gasteiger partial charge in [-0.05, 0) is 0 Å². The van der Waals surface area contributed by atoms with Gasteiger partial charge in [0.1, 0.15) is 6.04 Å². The van der Waals surface area contributed by atoms with Gasteiger partial charge in [-0.1, -0.05) is 0 Å². The van der Waals surface area contributed by atoms with Crippen molar-refractivity contribution >= 4 is 11.7 Å². The van der Waals surface area contributed by atoms with Gasteiger partial charge in [-0.2, -0.15) is 0 Å². The number of carboxylic acid groups (broad SMARTS) is 1. The lowest BCUT2D eigenvalue weighted by molar-refractivity contribution is -0.386. The van der Waals surface area contributed by atoms with Gasteiger partial charge in [0.2, 0.25) is 0 Å². The number of carboxylic acids is 1. The van der Waals surface area contributed by atoms with Crippen LogP contribution in [-0.2, 0) is 11.3 Å². The Labute approximate surface area is 92.4 Å². The van der Waals surface area contributed by atoms with Crippen LogP contribution in [0.2, 0.25) is 0 Å². The predicted molar refractivity (Wildman–Crippen MR) is 53.6 cm³/mol. The van der Waals surface area contributed by atoms with E-state index in [0.717, 1.165) is 0 Å². The van der Waals surface area contributed by atoms with Gasteiger partial charge in [-0.3, -0.25) is 29.3 Å². The molecule has 1 unspecified atom stereocenters. The third kappa shape index (κ3) is 2.75. The van der Waals surface area contributed by atoms with Gasteiger partial charge >= 0.3 is 22.9 Å². The number of nitrogens with one attached hydrogen (secondary N) is 1. The van der Waals surface area contributed by atoms with Gasteiger partial charge < -0.3 is 10.8 Å². The van der Waals surface area contributed by atoms with Crippen molar-refractivity contribution in [3.63, 3.8) is 0 Å². The van der Waals surface area contributed by atoms with Gasteiger partial charge in [0.25, 0.3) is 0 Å². The molecule has 1 rings (SSSR count). The lowest BCUT2D eigenvalue weighted by Gasteiger charge is -2.07. The van der Waals surface area contributed by atoms with E-state index in [1.807, 2.05) is 0 Å². The Balaban J connectivity index is 3.22. The average molecular weight is 244 g/mol. The van der Waals surface area contributed by atoms with Crippen LogP contribution in [0, 0.1) is 10.1 Å². The average Bonchev–Trinajstić information content (AvgIpc) is 2.21. The van der Waals surface area contributed by atoms with E-state index in [9.17, 15) is 24.5 Å². The van der Waals surface area contributed by atoms with Crippen molar-refractivity contribution in [2.45, 2.75) is 12.6 Å². The minimum atomic E-state index is -1.40. The SMILES string of the molecule is NC(Cn1cc([N+](=O)[O-])c(=O)[nH]c1=O)C(=O)O. The molecule has 0 spiro atoms. The van der Waals surface area contributed by atoms with Gasteiger partial charge in [0, 0.05) is 0 Å². The molecule has 0 fully saturated rings. The van der Waals surface area contributed by atoms with Gasteiger partial charge in [0.05, 0.1) is 17.7 Å². The second-order valence-electron chi connectivity index (χ2n) is 3.13. The van der Waals surface area contributed by atoms with E-state index >= 15 is 0 Å². The lowest BCUT2D eigenvalue weighted by Crippen LogP contribution is -2.40. The summed E-state index contributed by atoms with van der Waals surface area (Å²) in [5, 5.41) is 18.9. The van der Waals surface area contributed by atoms with Crippen molar-refractivity contribution in [1.29, 1.82) is 0 Å². The number of rotatable bonds is 4. The molecule has 10 nitrogen and oxygen atoms in total. The molecule has 17 heavy (non-hydrogen) atoms. The number of aromatic amines is 1. The number of nitrogens with two attached hydrogens (primary N) is 1. The van der Waals surface area contributed by atoms with Gasteiger partial charge in [0.15, 0.2) is 0 Å². The molecular weight excluding hydrogens is 236 g/mol. The van der Waals surface area contributed by atoms with Crippen molar-refractivity contribution < 1.29 is 14.8 Å². The van der Waals surface area contributed by atoms with Crippen molar-refractivity contribution in [2.24, 2.45) is 5.73 Å². The van der Waals surface area contributed by atoms with Crippen LogP contribution in [-0.4, -0.2) is 31.6 Å². The van der Waals surface area contributed by atoms with Crippen molar-refractivity contribution in [3.8, 4) is 0 Å². The normalized spacial score (nSPS) is 12.1. The maximum Gasteiger partial charge on any atom is 0.350 e. The molecule has 0 amide bonds. The number of hydrogen-bond donors (Lipinski definition) is 3. The molecule has 1 aromatic heterocycles. The zero-order chi connectivity index (χ0) is 13.2. The molecule has 1 atom stereocenters. The topological polar surface area (TPSA) is 161 Å². The number of H-pyrrole nitrogens is 1. The molecule has 0 aliphatic rings. The Hall–Kier alpha value is -2.49. The molecule has 0 saturated heterocycles. The monoisotopic (exact) mass is 244 g/mol. The van der Waals surface area contributed by atoms with Crippen LogP contribution in [0.15, 0.2) is 15.8 Å². The Morgan fingerprint density at radius 1 is 1.65 bits per heavy atom. The third-order valence-electron chi connectivity index (χ3n) is 1.90. The maximum atomic E-state index is 11.2. The summed E-state index contributed by atoms with van der Waals surface area (Å²) in [5.41, 5.74) is 2.19. The van der Waals surface area contributed by atoms with Crippen molar-refractivity contribution in [2.75, 3.05) is 0 Å². The molecule has 0 aromatic carbocycles. The summed E-state index contributed by atoms with van der Waals surface area (Å²) in [6.45, 7) is -0.480. The lowest BCUT2D eigenvalue weighted by atomic mass is 10.3. The van der Waals surface area contributed by atoms with Gasteiger partial charge in [-0.25, -0.2) is 4.79 Å². The number of hydrogen-bond acceptors (Lipinski definition) is 6. The van der Waals surface area contributed by atoms with E-state index in [2.05, 4.69) is 0 Å². The first-order valence-corrected chi connectivity index (χ1v) is 4.29. The summed E-state index contributed by atoms with van der Waals surface area (Å²) in [4.78, 5) is 43.8. The summed E-state index contributed by atoms with van der Waals surface area (Å²) in [6.07, 6.45) is 0.657. The van der Waals surface area contributed by atoms with Crippen LogP contribution in [0.3, 0.4) is 0 Å². The largest absolute Gasteiger partial charge is 0.480 e. The van der Waals surface area contributed by atoms with Crippen molar-refractivity contribution in [1.82, 2.24) is 9.55 Å². The van der Waals surface area contributed by atoms with Crippen LogP contribution in [0.4, 0.5) is 5.69 Å². The number of aromatic nitrogens is 2. The molecule has 4 N–H and O–H groups in total. The first kappa shape index (κ1) is 12.6. The smallest absolute Gasteiger partial charge is 0.350 e. The van der Waals surface area contributed by atoms with Crippen LogP contribution in [0.25, 0.3) is 0 Å². The number of nitro groups is 1. The second-order valence-corrected chi connectivity index (χ2v) is 3.13. The molecule has 0 aliphatic heterocycles. The quantitative estimate of drug-likeness (QED) is 0.402. The Morgan fingerprint density at radius 2 is 2.24 bits per heavy atom. The first-order chi connectivity index (χ1) is 7.82. The molecule has 0 radical (unpaired) electrons. The zero-order valence-corrected chi connectivity index (χ0v) is 8.32. The predicted octanol–water partition coefficient (Wildman–Crippen LogP) is -2.14. The summed E-state index contributed by atoms with van der Waals surface area (Å²) >= 11 is 0. The van der Waals surface area contributed by atoms with E-state index in [1.165, 1.54) is 0 Å². The molecular formula is C7H8N4O6. The van der Waals surface area contributed by atoms with Crippen LogP contribution < -0.4 is 17.0 Å². The molecule has 1 heterocycles. The van der Waals surface area contributed by atoms with E-state index in [4.69, 9.17) is 10.8 Å². The number of carbonyl (C=O) groups is 1. The number of aliphatic carboxylic acids is 1. The highest BCUT2D eigenvalue weighted by Crippen LogP contribution is 1.99. The Kier molecular flexibility index (Phi) is 3.38. The van der Waals surface area contributed by atoms with Crippen LogP contribution >= 0.6 is 0 Å². The highest BCUT2D eigenvalue weighted by atomic mass is 16.6. The summed E-state index contributed by atoms with van der Waals surface area (Å²) < 4.78 is 0.665. The maximum absolute atomic E-state index is 11.2. The highest BCUT2D eigenvalue weighted by Gasteiger charge is 2.18. The molecule has 10 heteroatoms. The standard InChI is InChI=1S/C7H8N4O6/c8-3(6(13)14)1-10-2-4(11(16)17)5(12)9-7(10)15/h2-3H,1,8H2,(H,13,14)(H,9,12,15). The molecule has 1 aromatic rings. The second kappa shape index (κ2) is 4.57. The molecule has 0 aliphatic carbocycles. The van der Waals surface area contributed by atoms with Crippen molar-refractivity contribution in [3.05, 3.63) is 37.1 Å². The van der Waals surface area contributed by atoms with Crippen LogP contribution in [0.1, 0.15) is 0 Å². The summed E-state index contributed by atoms with van der Waals surface area (Å²) in [6, 6.07) is -1.40. The fourth-order valence-corrected chi connectivity index (χ4v) is 1.05. The minimum absolute atomic E-state index is 0.480. The molecule has 0 bridgehead atoms. The highest BCUT2D eigenvalue weighted by molar-refractivity contribution is 5.72. The zero-order valence-electron chi connectivity index (χ0n) is 8.32. The number of nitrogens with zero attached hydrogens (tertiary/aromatic N) is 2. The van der Waals surface area contributed by atoms with Gasteiger partial charge in [-0.15, -0.1) is 0 Å². The first-order valence-electron chi connectivity index (χ1n) is 4.29. The Morgan fingerprint density at radius 3 is 2.71 bits per heavy atom. The minimum Gasteiger partial charge on any atom is -0.480 e.